The molecule has 0 unspecified atom stereocenters. The van der Waals surface area contributed by atoms with Gasteiger partial charge in [0.05, 0.1) is 16.3 Å². The summed E-state index contributed by atoms with van der Waals surface area (Å²) in [5.74, 6) is 0.160. The van der Waals surface area contributed by atoms with E-state index >= 15 is 0 Å². The van der Waals surface area contributed by atoms with Gasteiger partial charge in [0.25, 0.3) is 5.91 Å². The summed E-state index contributed by atoms with van der Waals surface area (Å²) >= 11 is 7.26. The first-order valence-electron chi connectivity index (χ1n) is 6.15. The molecule has 0 radical (unpaired) electrons. The Labute approximate surface area is 126 Å². The lowest BCUT2D eigenvalue weighted by Gasteiger charge is -2.05. The molecule has 0 bridgehead atoms. The van der Waals surface area contributed by atoms with Gasteiger partial charge in [0.2, 0.25) is 5.13 Å². The van der Waals surface area contributed by atoms with E-state index in [-0.39, 0.29) is 11.6 Å². The number of benzene rings is 1. The van der Waals surface area contributed by atoms with Gasteiger partial charge in [-0.1, -0.05) is 42.9 Å². The maximum absolute atomic E-state index is 12.1. The van der Waals surface area contributed by atoms with Gasteiger partial charge in [-0.25, -0.2) is 0 Å². The number of hydrogen-bond acceptors (Lipinski definition) is 5. The van der Waals surface area contributed by atoms with Crippen LogP contribution in [0.3, 0.4) is 0 Å². The van der Waals surface area contributed by atoms with Gasteiger partial charge < -0.3 is 5.73 Å². The molecule has 0 saturated carbocycles. The summed E-state index contributed by atoms with van der Waals surface area (Å²) in [6.07, 6.45) is 0.840. The fourth-order valence-corrected chi connectivity index (χ4v) is 2.76. The standard InChI is InChI=1S/C13H15ClN4OS/c1-7(2)6-10-17-18-13(20-10)16-12(19)8-4-3-5-9(14)11(8)15/h3-5,7H,6,15H2,1-2H3,(H,16,18,19). The lowest BCUT2D eigenvalue weighted by atomic mass is 10.1. The van der Waals surface area contributed by atoms with Crippen LogP contribution in [0, 0.1) is 5.92 Å². The third-order valence-corrected chi connectivity index (χ3v) is 3.76. The molecule has 1 amide bonds. The zero-order valence-corrected chi connectivity index (χ0v) is 12.8. The molecule has 106 valence electrons. The highest BCUT2D eigenvalue weighted by atomic mass is 35.5. The van der Waals surface area contributed by atoms with Gasteiger partial charge in [0, 0.05) is 6.42 Å². The van der Waals surface area contributed by atoms with Crippen LogP contribution in [0.1, 0.15) is 29.2 Å². The summed E-state index contributed by atoms with van der Waals surface area (Å²) in [4.78, 5) is 12.1. The Morgan fingerprint density at radius 3 is 2.90 bits per heavy atom. The number of hydrogen-bond donors (Lipinski definition) is 2. The van der Waals surface area contributed by atoms with E-state index in [2.05, 4.69) is 29.4 Å². The lowest BCUT2D eigenvalue weighted by molar-refractivity contribution is 0.102. The van der Waals surface area contributed by atoms with Gasteiger partial charge >= 0.3 is 0 Å². The van der Waals surface area contributed by atoms with Crippen molar-refractivity contribution in [3.63, 3.8) is 0 Å². The number of nitrogen functional groups attached to an aromatic ring is 1. The van der Waals surface area contributed by atoms with E-state index in [1.165, 1.54) is 11.3 Å². The fraction of sp³-hybridized carbons (Fsp3) is 0.308. The van der Waals surface area contributed by atoms with Gasteiger partial charge in [0.15, 0.2) is 0 Å². The van der Waals surface area contributed by atoms with Crippen molar-refractivity contribution < 1.29 is 4.79 Å². The van der Waals surface area contributed by atoms with Crippen LogP contribution in [0.4, 0.5) is 10.8 Å². The summed E-state index contributed by atoms with van der Waals surface area (Å²) in [5.41, 5.74) is 6.38. The Balaban J connectivity index is 2.11. The van der Waals surface area contributed by atoms with Gasteiger partial charge in [-0.15, -0.1) is 10.2 Å². The molecular weight excluding hydrogens is 296 g/mol. The summed E-state index contributed by atoms with van der Waals surface area (Å²) in [5, 5.41) is 12.4. The number of carbonyl (C=O) groups excluding carboxylic acids is 1. The smallest absolute Gasteiger partial charge is 0.259 e. The van der Waals surface area contributed by atoms with Gasteiger partial charge in [-0.2, -0.15) is 0 Å². The summed E-state index contributed by atoms with van der Waals surface area (Å²) in [7, 11) is 0. The second kappa shape index (κ2) is 6.19. The molecule has 20 heavy (non-hydrogen) atoms. The number of nitrogens with zero attached hydrogens (tertiary/aromatic N) is 2. The normalized spacial score (nSPS) is 10.8. The molecule has 5 nitrogen and oxygen atoms in total. The predicted molar refractivity (Wildman–Crippen MR) is 82.3 cm³/mol. The van der Waals surface area contributed by atoms with E-state index in [4.69, 9.17) is 17.3 Å². The Hall–Kier alpha value is -1.66. The first-order valence-corrected chi connectivity index (χ1v) is 7.34. The number of halogens is 1. The van der Waals surface area contributed by atoms with E-state index in [9.17, 15) is 4.79 Å². The Morgan fingerprint density at radius 1 is 1.45 bits per heavy atom. The van der Waals surface area contributed by atoms with Crippen LogP contribution in [0.15, 0.2) is 18.2 Å². The molecule has 0 saturated heterocycles. The largest absolute Gasteiger partial charge is 0.397 e. The number of anilines is 2. The molecule has 0 aliphatic rings. The average molecular weight is 311 g/mol. The molecule has 0 fully saturated rings. The van der Waals surface area contributed by atoms with Gasteiger partial charge in [0.1, 0.15) is 5.01 Å². The number of rotatable bonds is 4. The molecule has 0 spiro atoms. The van der Waals surface area contributed by atoms with Crippen molar-refractivity contribution in [1.29, 1.82) is 0 Å². The minimum absolute atomic E-state index is 0.263. The van der Waals surface area contributed by atoms with Crippen LogP contribution >= 0.6 is 22.9 Å². The van der Waals surface area contributed by atoms with E-state index < -0.39 is 0 Å². The number of para-hydroxylation sites is 1. The summed E-state index contributed by atoms with van der Waals surface area (Å²) in [6.45, 7) is 4.21. The van der Waals surface area contributed by atoms with E-state index in [1.807, 2.05) is 0 Å². The van der Waals surface area contributed by atoms with Crippen LogP contribution in [0.25, 0.3) is 0 Å². The third kappa shape index (κ3) is 3.46. The molecule has 0 atom stereocenters. The van der Waals surface area contributed by atoms with Crippen LogP contribution in [0.2, 0.25) is 5.02 Å². The van der Waals surface area contributed by atoms with E-state index in [1.54, 1.807) is 18.2 Å². The maximum atomic E-state index is 12.1. The predicted octanol–water partition coefficient (Wildman–Crippen LogP) is 3.22. The van der Waals surface area contributed by atoms with Crippen molar-refractivity contribution in [2.75, 3.05) is 11.1 Å². The maximum Gasteiger partial charge on any atom is 0.259 e. The summed E-state index contributed by atoms with van der Waals surface area (Å²) < 4.78 is 0. The van der Waals surface area contributed by atoms with Crippen molar-refractivity contribution in [3.8, 4) is 0 Å². The van der Waals surface area contributed by atoms with E-state index in [0.717, 1.165) is 11.4 Å². The molecule has 0 aliphatic carbocycles. The first-order chi connectivity index (χ1) is 9.47. The van der Waals surface area contributed by atoms with Gasteiger partial charge in [-0.3, -0.25) is 10.1 Å². The Morgan fingerprint density at radius 2 is 2.20 bits per heavy atom. The highest BCUT2D eigenvalue weighted by Crippen LogP contribution is 2.24. The topological polar surface area (TPSA) is 80.9 Å². The fourth-order valence-electron chi connectivity index (χ4n) is 1.64. The zero-order valence-electron chi connectivity index (χ0n) is 11.2. The van der Waals surface area contributed by atoms with Crippen molar-refractivity contribution in [2.24, 2.45) is 5.92 Å². The van der Waals surface area contributed by atoms with Crippen LogP contribution in [0.5, 0.6) is 0 Å². The number of aromatic nitrogens is 2. The summed E-state index contributed by atoms with van der Waals surface area (Å²) in [6, 6.07) is 4.93. The van der Waals surface area contributed by atoms with Gasteiger partial charge in [-0.05, 0) is 18.1 Å². The van der Waals surface area contributed by atoms with E-state index in [0.29, 0.717) is 21.6 Å². The SMILES string of the molecule is CC(C)Cc1nnc(NC(=O)c2cccc(Cl)c2N)s1. The van der Waals surface area contributed by atoms with Crippen molar-refractivity contribution in [3.05, 3.63) is 33.8 Å². The number of carbonyl (C=O) groups is 1. The minimum Gasteiger partial charge on any atom is -0.397 e. The zero-order chi connectivity index (χ0) is 14.7. The monoisotopic (exact) mass is 310 g/mol. The molecule has 7 heteroatoms. The molecule has 1 aromatic carbocycles. The highest BCUT2D eigenvalue weighted by Gasteiger charge is 2.14. The molecule has 0 aliphatic heterocycles. The Bertz CT molecular complexity index is 627. The lowest BCUT2D eigenvalue weighted by Crippen LogP contribution is -2.14. The van der Waals surface area contributed by atoms with Crippen molar-refractivity contribution >= 4 is 39.7 Å². The molecule has 2 rings (SSSR count). The first kappa shape index (κ1) is 14.7. The minimum atomic E-state index is -0.336. The molecule has 1 aromatic heterocycles. The molecular formula is C13H15ClN4OS. The van der Waals surface area contributed by atoms with Crippen LogP contribution in [-0.2, 0) is 6.42 Å². The van der Waals surface area contributed by atoms with Crippen molar-refractivity contribution in [2.45, 2.75) is 20.3 Å². The molecule has 3 N–H and O–H groups in total. The Kier molecular flexibility index (Phi) is 4.57. The number of nitrogens with two attached hydrogens (primary N) is 1. The second-order valence-electron chi connectivity index (χ2n) is 4.75. The quantitative estimate of drug-likeness (QED) is 0.850. The number of nitrogens with one attached hydrogen (secondary N) is 1. The molecule has 2 aromatic rings. The third-order valence-electron chi connectivity index (χ3n) is 2.57. The van der Waals surface area contributed by atoms with Crippen molar-refractivity contribution in [1.82, 2.24) is 10.2 Å². The highest BCUT2D eigenvalue weighted by molar-refractivity contribution is 7.15. The second-order valence-corrected chi connectivity index (χ2v) is 6.22. The van der Waals surface area contributed by atoms with Crippen LogP contribution < -0.4 is 11.1 Å². The number of amides is 1. The molecule has 1 heterocycles. The van der Waals surface area contributed by atoms with Crippen LogP contribution in [-0.4, -0.2) is 16.1 Å². The average Bonchev–Trinajstić information content (AvgIpc) is 2.79.